The van der Waals surface area contributed by atoms with Gasteiger partial charge in [-0.25, -0.2) is 0 Å². The Morgan fingerprint density at radius 2 is 2.20 bits per heavy atom. The van der Waals surface area contributed by atoms with Crippen molar-refractivity contribution in [3.63, 3.8) is 0 Å². The van der Waals surface area contributed by atoms with Crippen LogP contribution >= 0.6 is 11.6 Å². The Labute approximate surface area is 124 Å². The predicted octanol–water partition coefficient (Wildman–Crippen LogP) is 1.65. The van der Waals surface area contributed by atoms with Crippen LogP contribution in [-0.4, -0.2) is 38.8 Å². The molecule has 0 spiro atoms. The van der Waals surface area contributed by atoms with Crippen LogP contribution in [0.4, 0.5) is 11.4 Å². The maximum Gasteiger partial charge on any atom is 0.239 e. The van der Waals surface area contributed by atoms with Crippen molar-refractivity contribution in [2.24, 2.45) is 0 Å². The highest BCUT2D eigenvalue weighted by Gasteiger charge is 2.17. The van der Waals surface area contributed by atoms with E-state index in [4.69, 9.17) is 22.1 Å². The lowest BCUT2D eigenvalue weighted by molar-refractivity contribution is -0.121. The quantitative estimate of drug-likeness (QED) is 0.829. The number of amides is 1. The summed E-state index contributed by atoms with van der Waals surface area (Å²) >= 11 is 5.96. The monoisotopic (exact) mass is 297 g/mol. The molecule has 2 rings (SSSR count). The second-order valence-electron chi connectivity index (χ2n) is 5.01. The third kappa shape index (κ3) is 4.02. The van der Waals surface area contributed by atoms with Gasteiger partial charge in [-0.1, -0.05) is 11.6 Å². The van der Waals surface area contributed by atoms with Crippen molar-refractivity contribution in [3.05, 3.63) is 23.2 Å². The minimum absolute atomic E-state index is 0.0150. The van der Waals surface area contributed by atoms with Crippen LogP contribution in [0.1, 0.15) is 12.8 Å². The number of halogens is 1. The summed E-state index contributed by atoms with van der Waals surface area (Å²) in [5.41, 5.74) is 7.27. The molecule has 110 valence electrons. The molecule has 1 aliphatic rings. The number of anilines is 2. The smallest absolute Gasteiger partial charge is 0.239 e. The molecule has 0 atom stereocenters. The highest BCUT2D eigenvalue weighted by atomic mass is 35.5. The predicted molar refractivity (Wildman–Crippen MR) is 81.1 cm³/mol. The largest absolute Gasteiger partial charge is 0.397 e. The van der Waals surface area contributed by atoms with Gasteiger partial charge in [0.15, 0.2) is 0 Å². The number of nitrogens with one attached hydrogen (secondary N) is 1. The van der Waals surface area contributed by atoms with E-state index in [0.29, 0.717) is 23.9 Å². The van der Waals surface area contributed by atoms with Crippen molar-refractivity contribution in [2.45, 2.75) is 18.9 Å². The number of hydrogen-bond donors (Lipinski definition) is 2. The van der Waals surface area contributed by atoms with E-state index in [1.165, 1.54) is 0 Å². The van der Waals surface area contributed by atoms with Crippen LogP contribution in [0, 0.1) is 0 Å². The fourth-order valence-electron chi connectivity index (χ4n) is 2.26. The van der Waals surface area contributed by atoms with Gasteiger partial charge < -0.3 is 20.7 Å². The number of nitrogen functional groups attached to an aromatic ring is 1. The summed E-state index contributed by atoms with van der Waals surface area (Å²) in [6, 6.07) is 5.45. The molecule has 1 aromatic carbocycles. The summed E-state index contributed by atoms with van der Waals surface area (Å²) in [5, 5.41) is 3.62. The Hall–Kier alpha value is -1.46. The highest BCUT2D eigenvalue weighted by molar-refractivity contribution is 6.31. The molecule has 1 fully saturated rings. The van der Waals surface area contributed by atoms with Gasteiger partial charge in [0.2, 0.25) is 5.91 Å². The SMILES string of the molecule is CN(CC(=O)NC1CCOCC1)c1cc(Cl)ccc1N. The molecule has 1 amide bonds. The van der Waals surface area contributed by atoms with Gasteiger partial charge in [0.1, 0.15) is 0 Å². The average molecular weight is 298 g/mol. The Kier molecular flexibility index (Phi) is 5.09. The van der Waals surface area contributed by atoms with E-state index in [1.54, 1.807) is 23.1 Å². The molecule has 5 nitrogen and oxygen atoms in total. The van der Waals surface area contributed by atoms with Crippen LogP contribution in [0.5, 0.6) is 0 Å². The molecule has 0 bridgehead atoms. The Balaban J connectivity index is 1.91. The van der Waals surface area contributed by atoms with E-state index in [-0.39, 0.29) is 18.5 Å². The van der Waals surface area contributed by atoms with Gasteiger partial charge >= 0.3 is 0 Å². The van der Waals surface area contributed by atoms with E-state index in [0.717, 1.165) is 18.5 Å². The molecule has 0 aliphatic carbocycles. The number of ether oxygens (including phenoxy) is 1. The molecule has 1 aromatic rings. The molecule has 1 aliphatic heterocycles. The van der Waals surface area contributed by atoms with Crippen LogP contribution in [-0.2, 0) is 9.53 Å². The van der Waals surface area contributed by atoms with Gasteiger partial charge in [-0.3, -0.25) is 4.79 Å². The Morgan fingerprint density at radius 3 is 2.90 bits per heavy atom. The summed E-state index contributed by atoms with van der Waals surface area (Å²) in [6.07, 6.45) is 1.74. The van der Waals surface area contributed by atoms with Crippen LogP contribution in [0.3, 0.4) is 0 Å². The Morgan fingerprint density at radius 1 is 1.50 bits per heavy atom. The number of rotatable bonds is 4. The number of hydrogen-bond acceptors (Lipinski definition) is 4. The van der Waals surface area contributed by atoms with Gasteiger partial charge in [-0.05, 0) is 31.0 Å². The molecule has 1 saturated heterocycles. The number of carbonyl (C=O) groups is 1. The van der Waals surface area contributed by atoms with E-state index < -0.39 is 0 Å². The van der Waals surface area contributed by atoms with Crippen molar-refractivity contribution in [2.75, 3.05) is 37.4 Å². The second-order valence-corrected chi connectivity index (χ2v) is 5.45. The van der Waals surface area contributed by atoms with Gasteiger partial charge in [0.25, 0.3) is 0 Å². The van der Waals surface area contributed by atoms with Crippen molar-refractivity contribution < 1.29 is 9.53 Å². The zero-order chi connectivity index (χ0) is 14.5. The number of likely N-dealkylation sites (N-methyl/N-ethyl adjacent to an activating group) is 1. The van der Waals surface area contributed by atoms with Crippen LogP contribution in [0.15, 0.2) is 18.2 Å². The van der Waals surface area contributed by atoms with Crippen molar-refractivity contribution in [3.8, 4) is 0 Å². The average Bonchev–Trinajstić information content (AvgIpc) is 2.42. The molecule has 1 heterocycles. The van der Waals surface area contributed by atoms with Crippen LogP contribution in [0.2, 0.25) is 5.02 Å². The first-order chi connectivity index (χ1) is 9.56. The third-order valence-electron chi connectivity index (χ3n) is 3.37. The van der Waals surface area contributed by atoms with E-state index in [1.807, 2.05) is 7.05 Å². The van der Waals surface area contributed by atoms with Gasteiger partial charge in [0, 0.05) is 31.3 Å². The molecule has 0 unspecified atom stereocenters. The molecule has 0 saturated carbocycles. The van der Waals surface area contributed by atoms with Crippen molar-refractivity contribution >= 4 is 28.9 Å². The minimum atomic E-state index is -0.0150. The molecule has 20 heavy (non-hydrogen) atoms. The minimum Gasteiger partial charge on any atom is -0.397 e. The first-order valence-electron chi connectivity index (χ1n) is 6.69. The van der Waals surface area contributed by atoms with Crippen LogP contribution in [0.25, 0.3) is 0 Å². The molecular formula is C14H20ClN3O2. The topological polar surface area (TPSA) is 67.6 Å². The van der Waals surface area contributed by atoms with E-state index in [2.05, 4.69) is 5.32 Å². The van der Waals surface area contributed by atoms with Crippen LogP contribution < -0.4 is 16.0 Å². The highest BCUT2D eigenvalue weighted by Crippen LogP contribution is 2.25. The lowest BCUT2D eigenvalue weighted by atomic mass is 10.1. The van der Waals surface area contributed by atoms with Gasteiger partial charge in [-0.15, -0.1) is 0 Å². The maximum absolute atomic E-state index is 12.0. The normalized spacial score (nSPS) is 15.9. The summed E-state index contributed by atoms with van der Waals surface area (Å²) in [4.78, 5) is 13.8. The van der Waals surface area contributed by atoms with E-state index in [9.17, 15) is 4.79 Å². The molecule has 6 heteroatoms. The lowest BCUT2D eigenvalue weighted by Gasteiger charge is -2.25. The number of nitrogens with zero attached hydrogens (tertiary/aromatic N) is 1. The summed E-state index contributed by atoms with van der Waals surface area (Å²) in [6.45, 7) is 1.67. The third-order valence-corrected chi connectivity index (χ3v) is 3.61. The zero-order valence-corrected chi connectivity index (χ0v) is 12.3. The number of benzene rings is 1. The summed E-state index contributed by atoms with van der Waals surface area (Å²) in [5.74, 6) is -0.0150. The van der Waals surface area contributed by atoms with Crippen molar-refractivity contribution in [1.29, 1.82) is 0 Å². The molecular weight excluding hydrogens is 278 g/mol. The van der Waals surface area contributed by atoms with Crippen molar-refractivity contribution in [1.82, 2.24) is 5.32 Å². The van der Waals surface area contributed by atoms with E-state index >= 15 is 0 Å². The summed E-state index contributed by atoms with van der Waals surface area (Å²) in [7, 11) is 1.82. The fourth-order valence-corrected chi connectivity index (χ4v) is 2.43. The Bertz CT molecular complexity index is 475. The lowest BCUT2D eigenvalue weighted by Crippen LogP contribution is -2.43. The summed E-state index contributed by atoms with van der Waals surface area (Å²) < 4.78 is 5.27. The van der Waals surface area contributed by atoms with Gasteiger partial charge in [-0.2, -0.15) is 0 Å². The molecule has 0 radical (unpaired) electrons. The number of nitrogens with two attached hydrogens (primary N) is 1. The number of carbonyl (C=O) groups excluding carboxylic acids is 1. The second kappa shape index (κ2) is 6.81. The molecule has 0 aromatic heterocycles. The van der Waals surface area contributed by atoms with Gasteiger partial charge in [0.05, 0.1) is 17.9 Å². The standard InChI is InChI=1S/C14H20ClN3O2/c1-18(13-8-10(15)2-3-12(13)16)9-14(19)17-11-4-6-20-7-5-11/h2-3,8,11H,4-7,9,16H2,1H3,(H,17,19). The first kappa shape index (κ1) is 14.9. The fraction of sp³-hybridized carbons (Fsp3) is 0.500. The zero-order valence-electron chi connectivity index (χ0n) is 11.6. The first-order valence-corrected chi connectivity index (χ1v) is 7.07. The molecule has 3 N–H and O–H groups in total. The maximum atomic E-state index is 12.0.